The van der Waals surface area contributed by atoms with Gasteiger partial charge in [-0.3, -0.25) is 0 Å². The van der Waals surface area contributed by atoms with Crippen molar-refractivity contribution in [3.05, 3.63) is 65.9 Å². The van der Waals surface area contributed by atoms with Gasteiger partial charge in [-0.15, -0.1) is 11.8 Å². The maximum absolute atomic E-state index is 11.0. The number of aromatic amines is 1. The molecular formula is C17H15NO2S. The van der Waals surface area contributed by atoms with E-state index in [0.29, 0.717) is 0 Å². The fourth-order valence-electron chi connectivity index (χ4n) is 2.35. The quantitative estimate of drug-likeness (QED) is 0.694. The summed E-state index contributed by atoms with van der Waals surface area (Å²) in [5.74, 6) is 0.0484. The van der Waals surface area contributed by atoms with Crippen molar-refractivity contribution in [3.8, 4) is 0 Å². The lowest BCUT2D eigenvalue weighted by molar-refractivity contribution is 0.0691. The van der Waals surface area contributed by atoms with Gasteiger partial charge in [0.1, 0.15) is 5.69 Å². The highest BCUT2D eigenvalue weighted by Crippen LogP contribution is 2.24. The fourth-order valence-corrected chi connectivity index (χ4v) is 3.25. The molecule has 0 atom stereocenters. The maximum atomic E-state index is 11.0. The van der Waals surface area contributed by atoms with Crippen LogP contribution < -0.4 is 0 Å². The lowest BCUT2D eigenvalue weighted by Crippen LogP contribution is -1.94. The third-order valence-corrected chi connectivity index (χ3v) is 4.38. The van der Waals surface area contributed by atoms with Crippen LogP contribution >= 0.6 is 11.8 Å². The van der Waals surface area contributed by atoms with Gasteiger partial charge >= 0.3 is 5.97 Å². The molecule has 4 heteroatoms. The number of carbonyl (C=O) groups is 1. The van der Waals surface area contributed by atoms with Gasteiger partial charge in [-0.25, -0.2) is 4.79 Å². The van der Waals surface area contributed by atoms with E-state index in [2.05, 4.69) is 23.2 Å². The van der Waals surface area contributed by atoms with E-state index in [1.807, 2.05) is 42.1 Å². The summed E-state index contributed by atoms with van der Waals surface area (Å²) in [4.78, 5) is 15.2. The van der Waals surface area contributed by atoms with E-state index in [0.717, 1.165) is 23.1 Å². The Morgan fingerprint density at radius 3 is 2.67 bits per heavy atom. The zero-order valence-electron chi connectivity index (χ0n) is 11.4. The number of carboxylic acids is 1. The summed E-state index contributed by atoms with van der Waals surface area (Å²) in [5, 5.41) is 10.1. The molecule has 0 saturated carbocycles. The molecule has 2 N–H and O–H groups in total. The first-order valence-corrected chi connectivity index (χ1v) is 7.74. The van der Waals surface area contributed by atoms with Crippen LogP contribution in [0.15, 0.2) is 59.5 Å². The molecule has 0 aliphatic heterocycles. The lowest BCUT2D eigenvalue weighted by Gasteiger charge is -2.03. The molecule has 1 heterocycles. The molecular weight excluding hydrogens is 282 g/mol. The van der Waals surface area contributed by atoms with Crippen LogP contribution in [0.25, 0.3) is 10.9 Å². The van der Waals surface area contributed by atoms with E-state index in [9.17, 15) is 4.79 Å². The second kappa shape index (κ2) is 6.06. The number of aryl methyl sites for hydroxylation is 1. The second-order valence-electron chi connectivity index (χ2n) is 4.78. The van der Waals surface area contributed by atoms with Gasteiger partial charge in [0.05, 0.1) is 0 Å². The normalized spacial score (nSPS) is 10.9. The largest absolute Gasteiger partial charge is 0.477 e. The van der Waals surface area contributed by atoms with Crippen LogP contribution in [0.5, 0.6) is 0 Å². The van der Waals surface area contributed by atoms with Crippen LogP contribution in [0.1, 0.15) is 16.1 Å². The van der Waals surface area contributed by atoms with E-state index in [4.69, 9.17) is 5.11 Å². The molecule has 106 valence electrons. The Morgan fingerprint density at radius 1 is 1.10 bits per heavy atom. The highest BCUT2D eigenvalue weighted by Gasteiger charge is 2.09. The zero-order valence-corrected chi connectivity index (χ0v) is 12.2. The zero-order chi connectivity index (χ0) is 14.7. The second-order valence-corrected chi connectivity index (χ2v) is 5.95. The van der Waals surface area contributed by atoms with E-state index < -0.39 is 5.97 Å². The Morgan fingerprint density at radius 2 is 1.90 bits per heavy atom. The van der Waals surface area contributed by atoms with Crippen LogP contribution in [0.4, 0.5) is 0 Å². The molecule has 3 rings (SSSR count). The molecule has 0 bridgehead atoms. The van der Waals surface area contributed by atoms with Gasteiger partial charge in [-0.05, 0) is 36.2 Å². The molecule has 0 saturated heterocycles. The maximum Gasteiger partial charge on any atom is 0.352 e. The SMILES string of the molecule is O=C(O)c1cc2c(CCSc3ccccc3)cccc2[nH]1. The fraction of sp³-hybridized carbons (Fsp3) is 0.118. The standard InChI is InChI=1S/C17H15NO2S/c19-17(20)16-11-14-12(5-4-8-15(14)18-16)9-10-21-13-6-2-1-3-7-13/h1-8,11,18H,9-10H2,(H,19,20). The van der Waals surface area contributed by atoms with Crippen molar-refractivity contribution >= 4 is 28.6 Å². The number of carboxylic acid groups (broad SMARTS) is 1. The van der Waals surface area contributed by atoms with Gasteiger partial charge in [0.25, 0.3) is 0 Å². The van der Waals surface area contributed by atoms with Gasteiger partial charge in [0.15, 0.2) is 0 Å². The summed E-state index contributed by atoms with van der Waals surface area (Å²) in [6.45, 7) is 0. The van der Waals surface area contributed by atoms with E-state index in [1.54, 1.807) is 6.07 Å². The van der Waals surface area contributed by atoms with E-state index in [1.165, 1.54) is 10.5 Å². The van der Waals surface area contributed by atoms with Gasteiger partial charge < -0.3 is 10.1 Å². The first-order valence-electron chi connectivity index (χ1n) is 6.76. The summed E-state index contributed by atoms with van der Waals surface area (Å²) in [6, 6.07) is 17.9. The van der Waals surface area contributed by atoms with Gasteiger partial charge in [0.2, 0.25) is 0 Å². The third kappa shape index (κ3) is 3.11. The minimum absolute atomic E-state index is 0.244. The number of rotatable bonds is 5. The predicted octanol–water partition coefficient (Wildman–Crippen LogP) is 4.20. The predicted molar refractivity (Wildman–Crippen MR) is 86.1 cm³/mol. The number of fused-ring (bicyclic) bond motifs is 1. The number of hydrogen-bond acceptors (Lipinski definition) is 2. The number of aromatic carboxylic acids is 1. The highest BCUT2D eigenvalue weighted by molar-refractivity contribution is 7.99. The average molecular weight is 297 g/mol. The lowest BCUT2D eigenvalue weighted by atomic mass is 10.1. The Labute approximate surface area is 127 Å². The minimum Gasteiger partial charge on any atom is -0.477 e. The number of H-pyrrole nitrogens is 1. The third-order valence-electron chi connectivity index (χ3n) is 3.37. The molecule has 0 aliphatic rings. The first-order chi connectivity index (χ1) is 10.2. The number of aromatic nitrogens is 1. The molecule has 0 aliphatic carbocycles. The topological polar surface area (TPSA) is 53.1 Å². The van der Waals surface area contributed by atoms with Gasteiger partial charge in [0, 0.05) is 21.6 Å². The van der Waals surface area contributed by atoms with Crippen LogP contribution in [0, 0.1) is 0 Å². The molecule has 3 nitrogen and oxygen atoms in total. The molecule has 3 aromatic rings. The summed E-state index contributed by atoms with van der Waals surface area (Å²) in [6.07, 6.45) is 0.911. The molecule has 1 aromatic heterocycles. The smallest absolute Gasteiger partial charge is 0.352 e. The van der Waals surface area contributed by atoms with Crippen molar-refractivity contribution in [2.45, 2.75) is 11.3 Å². The van der Waals surface area contributed by atoms with Crippen molar-refractivity contribution in [1.82, 2.24) is 4.98 Å². The number of thioether (sulfide) groups is 1. The Hall–Kier alpha value is -2.20. The van der Waals surface area contributed by atoms with E-state index >= 15 is 0 Å². The molecule has 2 aromatic carbocycles. The molecule has 0 amide bonds. The summed E-state index contributed by atoms with van der Waals surface area (Å²) in [5.41, 5.74) is 2.31. The molecule has 0 fully saturated rings. The van der Waals surface area contributed by atoms with Crippen molar-refractivity contribution in [1.29, 1.82) is 0 Å². The van der Waals surface area contributed by atoms with Crippen LogP contribution in [-0.4, -0.2) is 21.8 Å². The summed E-state index contributed by atoms with van der Waals surface area (Å²) < 4.78 is 0. The Balaban J connectivity index is 1.76. The minimum atomic E-state index is -0.921. The van der Waals surface area contributed by atoms with E-state index in [-0.39, 0.29) is 5.69 Å². The molecule has 0 unspecified atom stereocenters. The van der Waals surface area contributed by atoms with Crippen molar-refractivity contribution in [2.24, 2.45) is 0 Å². The summed E-state index contributed by atoms with van der Waals surface area (Å²) >= 11 is 1.81. The van der Waals surface area contributed by atoms with Crippen LogP contribution in [0.2, 0.25) is 0 Å². The van der Waals surface area contributed by atoms with Gasteiger partial charge in [-0.1, -0.05) is 30.3 Å². The molecule has 21 heavy (non-hydrogen) atoms. The van der Waals surface area contributed by atoms with Gasteiger partial charge in [-0.2, -0.15) is 0 Å². The van der Waals surface area contributed by atoms with Crippen molar-refractivity contribution in [2.75, 3.05) is 5.75 Å². The molecule has 0 radical (unpaired) electrons. The number of benzene rings is 2. The highest BCUT2D eigenvalue weighted by atomic mass is 32.2. The first kappa shape index (κ1) is 13.8. The van der Waals surface area contributed by atoms with Crippen molar-refractivity contribution in [3.63, 3.8) is 0 Å². The Kier molecular flexibility index (Phi) is 3.97. The average Bonchev–Trinajstić information content (AvgIpc) is 2.94. The van der Waals surface area contributed by atoms with Crippen molar-refractivity contribution < 1.29 is 9.90 Å². The number of hydrogen-bond donors (Lipinski definition) is 2. The molecule has 0 spiro atoms. The monoisotopic (exact) mass is 297 g/mol. The Bertz CT molecular complexity index is 765. The van der Waals surface area contributed by atoms with Crippen LogP contribution in [-0.2, 0) is 6.42 Å². The summed E-state index contributed by atoms with van der Waals surface area (Å²) in [7, 11) is 0. The number of nitrogens with one attached hydrogen (secondary N) is 1. The van der Waals surface area contributed by atoms with Crippen LogP contribution in [0.3, 0.4) is 0 Å².